The third-order valence-corrected chi connectivity index (χ3v) is 2.93. The van der Waals surface area contributed by atoms with Crippen molar-refractivity contribution in [3.63, 3.8) is 0 Å². The van der Waals surface area contributed by atoms with E-state index in [0.717, 1.165) is 4.47 Å². The summed E-state index contributed by atoms with van der Waals surface area (Å²) in [4.78, 5) is 11.7. The van der Waals surface area contributed by atoms with Crippen LogP contribution in [0.25, 0.3) is 0 Å². The predicted molar refractivity (Wildman–Crippen MR) is 77.7 cm³/mol. The molecule has 0 saturated carbocycles. The van der Waals surface area contributed by atoms with Crippen molar-refractivity contribution < 1.29 is 9.18 Å². The number of carbonyl (C=O) groups is 1. The number of hydrogen-bond acceptors (Lipinski definition) is 2. The van der Waals surface area contributed by atoms with Gasteiger partial charge in [0.05, 0.1) is 6.54 Å². The number of carbonyl (C=O) groups excluding carboxylic acids is 1. The number of anilines is 2. The summed E-state index contributed by atoms with van der Waals surface area (Å²) in [6.07, 6.45) is 0. The predicted octanol–water partition coefficient (Wildman–Crippen LogP) is 3.64. The Balaban J connectivity index is 1.86. The monoisotopic (exact) mass is 322 g/mol. The second-order valence-electron chi connectivity index (χ2n) is 3.92. The normalized spacial score (nSPS) is 10.0. The van der Waals surface area contributed by atoms with Gasteiger partial charge in [-0.15, -0.1) is 0 Å². The van der Waals surface area contributed by atoms with Crippen molar-refractivity contribution in [2.75, 3.05) is 17.2 Å². The molecule has 0 unspecified atom stereocenters. The van der Waals surface area contributed by atoms with Gasteiger partial charge in [0.15, 0.2) is 0 Å². The van der Waals surface area contributed by atoms with Crippen molar-refractivity contribution in [1.82, 2.24) is 0 Å². The molecule has 0 aliphatic rings. The highest BCUT2D eigenvalue weighted by Gasteiger charge is 2.02. The molecule has 0 fully saturated rings. The highest BCUT2D eigenvalue weighted by Crippen LogP contribution is 2.14. The number of hydrogen-bond donors (Lipinski definition) is 2. The summed E-state index contributed by atoms with van der Waals surface area (Å²) in [5.74, 6) is -0.523. The number of halogens is 2. The molecule has 5 heteroatoms. The number of benzene rings is 2. The van der Waals surface area contributed by atoms with Crippen LogP contribution in [0.15, 0.2) is 53.0 Å². The Morgan fingerprint density at radius 2 is 1.84 bits per heavy atom. The van der Waals surface area contributed by atoms with Crippen LogP contribution in [-0.4, -0.2) is 12.5 Å². The summed E-state index contributed by atoms with van der Waals surface area (Å²) in [7, 11) is 0. The molecule has 0 aromatic heterocycles. The Bertz CT molecular complexity index is 572. The topological polar surface area (TPSA) is 41.1 Å². The van der Waals surface area contributed by atoms with Crippen molar-refractivity contribution in [2.45, 2.75) is 0 Å². The van der Waals surface area contributed by atoms with Gasteiger partial charge in [0.1, 0.15) is 5.82 Å². The first-order valence-electron chi connectivity index (χ1n) is 5.68. The molecule has 0 saturated heterocycles. The second kappa shape index (κ2) is 6.33. The van der Waals surface area contributed by atoms with Crippen LogP contribution in [0.2, 0.25) is 0 Å². The first-order chi connectivity index (χ1) is 9.13. The van der Waals surface area contributed by atoms with Crippen LogP contribution in [0.1, 0.15) is 0 Å². The average molecular weight is 323 g/mol. The molecule has 0 atom stereocenters. The quantitative estimate of drug-likeness (QED) is 0.902. The largest absolute Gasteiger partial charge is 0.376 e. The van der Waals surface area contributed by atoms with E-state index in [4.69, 9.17) is 0 Å². The average Bonchev–Trinajstić information content (AvgIpc) is 2.39. The lowest BCUT2D eigenvalue weighted by Gasteiger charge is -2.08. The molecule has 0 heterocycles. The lowest BCUT2D eigenvalue weighted by atomic mass is 10.3. The van der Waals surface area contributed by atoms with E-state index in [0.29, 0.717) is 11.4 Å². The zero-order chi connectivity index (χ0) is 13.7. The van der Waals surface area contributed by atoms with Gasteiger partial charge in [-0.1, -0.05) is 22.0 Å². The number of rotatable bonds is 4. The molecule has 0 spiro atoms. The molecule has 0 aliphatic carbocycles. The molecule has 0 bridgehead atoms. The van der Waals surface area contributed by atoms with Crippen LogP contribution in [0, 0.1) is 5.82 Å². The van der Waals surface area contributed by atoms with Crippen LogP contribution >= 0.6 is 15.9 Å². The molecule has 2 aromatic carbocycles. The third-order valence-electron chi connectivity index (χ3n) is 2.41. The van der Waals surface area contributed by atoms with E-state index < -0.39 is 0 Å². The van der Waals surface area contributed by atoms with Gasteiger partial charge >= 0.3 is 0 Å². The minimum Gasteiger partial charge on any atom is -0.376 e. The molecular weight excluding hydrogens is 311 g/mol. The first-order valence-corrected chi connectivity index (χ1v) is 6.47. The molecule has 98 valence electrons. The smallest absolute Gasteiger partial charge is 0.243 e. The highest BCUT2D eigenvalue weighted by molar-refractivity contribution is 9.10. The van der Waals surface area contributed by atoms with Gasteiger partial charge in [-0.3, -0.25) is 4.79 Å². The Hall–Kier alpha value is -1.88. The van der Waals surface area contributed by atoms with Crippen LogP contribution in [0.5, 0.6) is 0 Å². The molecule has 0 radical (unpaired) electrons. The summed E-state index contributed by atoms with van der Waals surface area (Å²) in [5.41, 5.74) is 1.29. The molecule has 3 nitrogen and oxygen atoms in total. The Kier molecular flexibility index (Phi) is 4.52. The van der Waals surface area contributed by atoms with Crippen molar-refractivity contribution in [1.29, 1.82) is 0 Å². The highest BCUT2D eigenvalue weighted by atomic mass is 79.9. The maximum absolute atomic E-state index is 12.9. The van der Waals surface area contributed by atoms with E-state index in [1.54, 1.807) is 24.3 Å². The lowest BCUT2D eigenvalue weighted by molar-refractivity contribution is -0.114. The fraction of sp³-hybridized carbons (Fsp3) is 0.0714. The van der Waals surface area contributed by atoms with Crippen molar-refractivity contribution in [2.24, 2.45) is 0 Å². The fourth-order valence-electron chi connectivity index (χ4n) is 1.52. The fourth-order valence-corrected chi connectivity index (χ4v) is 1.78. The standard InChI is InChI=1S/C14H12BrFN2O/c15-10-4-6-12(7-5-10)18-14(19)9-17-13-3-1-2-11(16)8-13/h1-8,17H,9H2,(H,18,19). The Morgan fingerprint density at radius 3 is 2.53 bits per heavy atom. The zero-order valence-electron chi connectivity index (χ0n) is 9.99. The van der Waals surface area contributed by atoms with E-state index >= 15 is 0 Å². The lowest BCUT2D eigenvalue weighted by Crippen LogP contribution is -2.21. The Labute approximate surface area is 119 Å². The molecule has 2 rings (SSSR count). The Morgan fingerprint density at radius 1 is 1.11 bits per heavy atom. The summed E-state index contributed by atoms with van der Waals surface area (Å²) < 4.78 is 13.9. The SMILES string of the molecule is O=C(CNc1cccc(F)c1)Nc1ccc(Br)cc1. The number of amides is 1. The summed E-state index contributed by atoms with van der Waals surface area (Å²) in [5, 5.41) is 5.59. The van der Waals surface area contributed by atoms with Crippen molar-refractivity contribution >= 4 is 33.2 Å². The minimum atomic E-state index is -0.335. The molecular formula is C14H12BrFN2O. The molecule has 2 aromatic rings. The van der Waals surface area contributed by atoms with Crippen LogP contribution in [0.3, 0.4) is 0 Å². The van der Waals surface area contributed by atoms with Crippen LogP contribution in [0.4, 0.5) is 15.8 Å². The third kappa shape index (κ3) is 4.37. The van der Waals surface area contributed by atoms with E-state index in [2.05, 4.69) is 26.6 Å². The van der Waals surface area contributed by atoms with E-state index in [9.17, 15) is 9.18 Å². The molecule has 0 aliphatic heterocycles. The van der Waals surface area contributed by atoms with Gasteiger partial charge in [0.25, 0.3) is 0 Å². The summed E-state index contributed by atoms with van der Waals surface area (Å²) >= 11 is 3.32. The zero-order valence-corrected chi connectivity index (χ0v) is 11.6. The van der Waals surface area contributed by atoms with Gasteiger partial charge in [0, 0.05) is 15.8 Å². The van der Waals surface area contributed by atoms with Gasteiger partial charge in [-0.2, -0.15) is 0 Å². The van der Waals surface area contributed by atoms with Gasteiger partial charge in [-0.05, 0) is 42.5 Å². The molecule has 19 heavy (non-hydrogen) atoms. The molecule has 2 N–H and O–H groups in total. The second-order valence-corrected chi connectivity index (χ2v) is 4.83. The van der Waals surface area contributed by atoms with Crippen molar-refractivity contribution in [3.8, 4) is 0 Å². The summed E-state index contributed by atoms with van der Waals surface area (Å²) in [6.45, 7) is 0.0829. The first kappa shape index (κ1) is 13.5. The van der Waals surface area contributed by atoms with E-state index in [1.165, 1.54) is 12.1 Å². The van der Waals surface area contributed by atoms with Crippen LogP contribution < -0.4 is 10.6 Å². The van der Waals surface area contributed by atoms with Gasteiger partial charge < -0.3 is 10.6 Å². The van der Waals surface area contributed by atoms with E-state index in [1.807, 2.05) is 12.1 Å². The van der Waals surface area contributed by atoms with Gasteiger partial charge in [0.2, 0.25) is 5.91 Å². The maximum Gasteiger partial charge on any atom is 0.243 e. The number of nitrogens with one attached hydrogen (secondary N) is 2. The molecule has 1 amide bonds. The maximum atomic E-state index is 12.9. The summed E-state index contributed by atoms with van der Waals surface area (Å²) in [6, 6.07) is 13.3. The van der Waals surface area contributed by atoms with Crippen LogP contribution in [-0.2, 0) is 4.79 Å². The van der Waals surface area contributed by atoms with Crippen molar-refractivity contribution in [3.05, 3.63) is 58.8 Å². The minimum absolute atomic E-state index is 0.0829. The van der Waals surface area contributed by atoms with Gasteiger partial charge in [-0.25, -0.2) is 4.39 Å². The van der Waals surface area contributed by atoms with E-state index in [-0.39, 0.29) is 18.3 Å².